The average Bonchev–Trinajstić information content (AvgIpc) is 2.91. The van der Waals surface area contributed by atoms with Gasteiger partial charge >= 0.3 is 0 Å². The smallest absolute Gasteiger partial charge is 0.293 e. The standard InChI is InChI=1S/C20H19N3O4/c1-13-6-5-9-21(12-13)17-10-15-16(11-18(17)23(26)27)20(25)22(19(15)24)14-7-3-2-4-8-14/h2-4,7-8,10-11,13H,5-6,9,12H2,1H3/t13-/m0/s1. The van der Waals surface area contributed by atoms with E-state index in [-0.39, 0.29) is 16.8 Å². The minimum absolute atomic E-state index is 0.0874. The van der Waals surface area contributed by atoms with Crippen LogP contribution in [-0.4, -0.2) is 29.8 Å². The molecule has 2 aliphatic rings. The van der Waals surface area contributed by atoms with Crippen LogP contribution < -0.4 is 9.80 Å². The summed E-state index contributed by atoms with van der Waals surface area (Å²) in [6.45, 7) is 3.51. The van der Waals surface area contributed by atoms with Crippen LogP contribution in [0.15, 0.2) is 42.5 Å². The Morgan fingerprint density at radius 3 is 2.37 bits per heavy atom. The summed E-state index contributed by atoms with van der Waals surface area (Å²) < 4.78 is 0. The van der Waals surface area contributed by atoms with Crippen LogP contribution >= 0.6 is 0 Å². The molecule has 1 saturated heterocycles. The second-order valence-corrected chi connectivity index (χ2v) is 7.12. The van der Waals surface area contributed by atoms with Crippen molar-refractivity contribution in [2.24, 2.45) is 5.92 Å². The summed E-state index contributed by atoms with van der Waals surface area (Å²) in [4.78, 5) is 39.9. The molecule has 2 heterocycles. The van der Waals surface area contributed by atoms with Crippen LogP contribution in [0.5, 0.6) is 0 Å². The quantitative estimate of drug-likeness (QED) is 0.471. The molecule has 1 fully saturated rings. The summed E-state index contributed by atoms with van der Waals surface area (Å²) in [6.07, 6.45) is 2.02. The van der Waals surface area contributed by atoms with Crippen molar-refractivity contribution in [2.45, 2.75) is 19.8 Å². The number of imide groups is 1. The maximum atomic E-state index is 12.9. The van der Waals surface area contributed by atoms with E-state index in [1.165, 1.54) is 12.1 Å². The molecule has 0 saturated carbocycles. The molecule has 138 valence electrons. The molecule has 4 rings (SSSR count). The van der Waals surface area contributed by atoms with Crippen molar-refractivity contribution in [1.29, 1.82) is 0 Å². The third-order valence-corrected chi connectivity index (χ3v) is 5.19. The Balaban J connectivity index is 1.81. The Bertz CT molecular complexity index is 942. The maximum absolute atomic E-state index is 12.9. The van der Waals surface area contributed by atoms with E-state index in [0.29, 0.717) is 30.4 Å². The molecule has 0 bridgehead atoms. The number of anilines is 2. The zero-order valence-electron chi connectivity index (χ0n) is 14.9. The van der Waals surface area contributed by atoms with E-state index in [1.807, 2.05) is 4.90 Å². The third kappa shape index (κ3) is 2.85. The largest absolute Gasteiger partial charge is 0.366 e. The van der Waals surface area contributed by atoms with E-state index in [2.05, 4.69) is 6.92 Å². The van der Waals surface area contributed by atoms with Gasteiger partial charge in [-0.2, -0.15) is 0 Å². The lowest BCUT2D eigenvalue weighted by Crippen LogP contribution is -2.34. The highest BCUT2D eigenvalue weighted by atomic mass is 16.6. The van der Waals surface area contributed by atoms with Gasteiger partial charge < -0.3 is 4.90 Å². The van der Waals surface area contributed by atoms with Crippen molar-refractivity contribution < 1.29 is 14.5 Å². The van der Waals surface area contributed by atoms with Crippen molar-refractivity contribution in [3.05, 3.63) is 63.7 Å². The van der Waals surface area contributed by atoms with Crippen LogP contribution in [0.4, 0.5) is 17.1 Å². The zero-order valence-corrected chi connectivity index (χ0v) is 14.9. The topological polar surface area (TPSA) is 83.8 Å². The number of nitro groups is 1. The van der Waals surface area contributed by atoms with E-state index in [1.54, 1.807) is 30.3 Å². The van der Waals surface area contributed by atoms with Gasteiger partial charge in [-0.05, 0) is 37.0 Å². The van der Waals surface area contributed by atoms with E-state index in [0.717, 1.165) is 17.7 Å². The Morgan fingerprint density at radius 1 is 1.07 bits per heavy atom. The Kier molecular flexibility index (Phi) is 4.14. The fourth-order valence-corrected chi connectivity index (χ4v) is 3.88. The summed E-state index contributed by atoms with van der Waals surface area (Å²) in [5, 5.41) is 11.7. The summed E-state index contributed by atoms with van der Waals surface area (Å²) in [5.41, 5.74) is 1.06. The van der Waals surface area contributed by atoms with Crippen LogP contribution in [0.1, 0.15) is 40.5 Å². The van der Waals surface area contributed by atoms with Crippen molar-refractivity contribution >= 4 is 28.9 Å². The third-order valence-electron chi connectivity index (χ3n) is 5.19. The maximum Gasteiger partial charge on any atom is 0.293 e. The van der Waals surface area contributed by atoms with Gasteiger partial charge in [-0.3, -0.25) is 19.7 Å². The predicted molar refractivity (Wildman–Crippen MR) is 101 cm³/mol. The number of amides is 2. The number of rotatable bonds is 3. The molecule has 0 N–H and O–H groups in total. The van der Waals surface area contributed by atoms with Crippen LogP contribution in [0.3, 0.4) is 0 Å². The highest BCUT2D eigenvalue weighted by Crippen LogP contribution is 2.38. The van der Waals surface area contributed by atoms with Crippen molar-refractivity contribution in [1.82, 2.24) is 0 Å². The number of benzene rings is 2. The van der Waals surface area contributed by atoms with Gasteiger partial charge in [-0.1, -0.05) is 25.1 Å². The number of fused-ring (bicyclic) bond motifs is 1. The number of nitro benzene ring substituents is 1. The number of hydrogen-bond acceptors (Lipinski definition) is 5. The van der Waals surface area contributed by atoms with Crippen LogP contribution in [0, 0.1) is 16.0 Å². The molecule has 7 heteroatoms. The lowest BCUT2D eigenvalue weighted by Gasteiger charge is -2.32. The molecule has 0 radical (unpaired) electrons. The van der Waals surface area contributed by atoms with Gasteiger partial charge in [0, 0.05) is 19.2 Å². The first-order valence-electron chi connectivity index (χ1n) is 8.98. The zero-order chi connectivity index (χ0) is 19.1. The molecule has 7 nitrogen and oxygen atoms in total. The number of piperidine rings is 1. The fourth-order valence-electron chi connectivity index (χ4n) is 3.88. The number of nitrogens with zero attached hydrogens (tertiary/aromatic N) is 3. The van der Waals surface area contributed by atoms with Gasteiger partial charge in [0.25, 0.3) is 17.5 Å². The van der Waals surface area contributed by atoms with Crippen LogP contribution in [0.25, 0.3) is 0 Å². The van der Waals surface area contributed by atoms with Crippen LogP contribution in [-0.2, 0) is 0 Å². The summed E-state index contributed by atoms with van der Waals surface area (Å²) in [5.74, 6) is -0.546. The molecule has 0 unspecified atom stereocenters. The average molecular weight is 365 g/mol. The number of hydrogen-bond donors (Lipinski definition) is 0. The second kappa shape index (κ2) is 6.50. The minimum atomic E-state index is -0.525. The van der Waals surface area contributed by atoms with Gasteiger partial charge in [-0.25, -0.2) is 4.90 Å². The molecule has 0 aromatic heterocycles. The molecule has 2 aliphatic heterocycles. The summed E-state index contributed by atoms with van der Waals surface area (Å²) in [7, 11) is 0. The first kappa shape index (κ1) is 17.2. The number of carbonyl (C=O) groups is 2. The summed E-state index contributed by atoms with van der Waals surface area (Å²) >= 11 is 0. The molecule has 2 aromatic carbocycles. The van der Waals surface area contributed by atoms with E-state index in [4.69, 9.17) is 0 Å². The molecule has 2 aromatic rings. The van der Waals surface area contributed by atoms with E-state index >= 15 is 0 Å². The highest BCUT2D eigenvalue weighted by Gasteiger charge is 2.40. The summed E-state index contributed by atoms with van der Waals surface area (Å²) in [6, 6.07) is 11.4. The van der Waals surface area contributed by atoms with Gasteiger partial charge in [-0.15, -0.1) is 0 Å². The molecule has 1 atom stereocenters. The Labute approximate surface area is 156 Å². The highest BCUT2D eigenvalue weighted by molar-refractivity contribution is 6.35. The first-order chi connectivity index (χ1) is 13.0. The molecule has 2 amide bonds. The lowest BCUT2D eigenvalue weighted by atomic mass is 9.98. The fraction of sp³-hybridized carbons (Fsp3) is 0.300. The molecule has 0 spiro atoms. The van der Waals surface area contributed by atoms with Gasteiger partial charge in [0.05, 0.1) is 21.7 Å². The van der Waals surface area contributed by atoms with E-state index in [9.17, 15) is 19.7 Å². The van der Waals surface area contributed by atoms with Gasteiger partial charge in [0.15, 0.2) is 0 Å². The van der Waals surface area contributed by atoms with E-state index < -0.39 is 16.7 Å². The number of para-hydroxylation sites is 1. The number of carbonyl (C=O) groups excluding carboxylic acids is 2. The first-order valence-corrected chi connectivity index (χ1v) is 8.98. The van der Waals surface area contributed by atoms with Gasteiger partial charge in [0.2, 0.25) is 0 Å². The Morgan fingerprint density at radius 2 is 1.74 bits per heavy atom. The van der Waals surface area contributed by atoms with Gasteiger partial charge in [0.1, 0.15) is 5.69 Å². The normalized spacial score (nSPS) is 19.4. The van der Waals surface area contributed by atoms with Crippen molar-refractivity contribution in [3.63, 3.8) is 0 Å². The SMILES string of the molecule is C[C@H]1CCCN(c2cc3c(cc2[N+](=O)[O-])C(=O)N(c2ccccc2)C3=O)C1. The molecule has 0 aliphatic carbocycles. The van der Waals surface area contributed by atoms with Crippen molar-refractivity contribution in [2.75, 3.05) is 22.9 Å². The van der Waals surface area contributed by atoms with Crippen LogP contribution in [0.2, 0.25) is 0 Å². The molecular formula is C20H19N3O4. The molecular weight excluding hydrogens is 346 g/mol. The predicted octanol–water partition coefficient (Wildman–Crippen LogP) is 3.63. The minimum Gasteiger partial charge on any atom is -0.366 e. The Hall–Kier alpha value is -3.22. The molecule has 27 heavy (non-hydrogen) atoms. The lowest BCUT2D eigenvalue weighted by molar-refractivity contribution is -0.384. The monoisotopic (exact) mass is 365 g/mol. The second-order valence-electron chi connectivity index (χ2n) is 7.12. The van der Waals surface area contributed by atoms with Crippen molar-refractivity contribution in [3.8, 4) is 0 Å².